The average Bonchev–Trinajstić information content (AvgIpc) is 3.52. The zero-order chi connectivity index (χ0) is 24.2. The van der Waals surface area contributed by atoms with E-state index in [-0.39, 0.29) is 5.91 Å². The molecule has 0 aliphatic heterocycles. The lowest BCUT2D eigenvalue weighted by Gasteiger charge is -2.08. The van der Waals surface area contributed by atoms with Crippen LogP contribution >= 0.6 is 22.7 Å². The van der Waals surface area contributed by atoms with Gasteiger partial charge in [-0.1, -0.05) is 35.6 Å². The van der Waals surface area contributed by atoms with Crippen LogP contribution in [0.5, 0.6) is 5.75 Å². The summed E-state index contributed by atoms with van der Waals surface area (Å²) in [6.45, 7) is 6.31. The summed E-state index contributed by atoms with van der Waals surface area (Å²) in [7, 11) is 0. The van der Waals surface area contributed by atoms with Gasteiger partial charge in [0, 0.05) is 18.5 Å². The number of pyridine rings is 1. The minimum absolute atomic E-state index is 0.289. The largest absolute Gasteiger partial charge is 0.494 e. The number of carbonyl (C=O) groups is 1. The predicted octanol–water partition coefficient (Wildman–Crippen LogP) is 6.16. The van der Waals surface area contributed by atoms with Gasteiger partial charge in [0.05, 0.1) is 45.1 Å². The number of aromatic nitrogens is 2. The SMILES string of the molecule is CCOCCn1c(=NC(=O)c2cc(-c3cccs3)nc3ccccc23)sc2cc(OCC)ccc21. The number of thiophene rings is 1. The van der Waals surface area contributed by atoms with Crippen LogP contribution in [0.2, 0.25) is 0 Å². The minimum Gasteiger partial charge on any atom is -0.494 e. The number of benzene rings is 2. The number of fused-ring (bicyclic) bond motifs is 2. The Balaban J connectivity index is 1.64. The van der Waals surface area contributed by atoms with E-state index in [1.165, 1.54) is 11.3 Å². The maximum absolute atomic E-state index is 13.6. The third kappa shape index (κ3) is 4.91. The van der Waals surface area contributed by atoms with Crippen LogP contribution in [0, 0.1) is 0 Å². The maximum atomic E-state index is 13.6. The molecule has 3 aromatic heterocycles. The Kier molecular flexibility index (Phi) is 7.03. The van der Waals surface area contributed by atoms with Gasteiger partial charge in [0.1, 0.15) is 5.75 Å². The summed E-state index contributed by atoms with van der Waals surface area (Å²) in [4.78, 5) is 24.7. The summed E-state index contributed by atoms with van der Waals surface area (Å²) in [6.07, 6.45) is 0. The Morgan fingerprint density at radius 2 is 1.94 bits per heavy atom. The van der Waals surface area contributed by atoms with E-state index in [0.717, 1.165) is 37.4 Å². The molecule has 5 rings (SSSR count). The molecule has 178 valence electrons. The Morgan fingerprint density at radius 1 is 1.06 bits per heavy atom. The molecule has 0 spiro atoms. The normalized spacial score (nSPS) is 12.0. The molecule has 2 aromatic carbocycles. The number of rotatable bonds is 8. The van der Waals surface area contributed by atoms with E-state index in [0.29, 0.717) is 36.7 Å². The topological polar surface area (TPSA) is 65.7 Å². The quantitative estimate of drug-likeness (QED) is 0.238. The summed E-state index contributed by atoms with van der Waals surface area (Å²) < 4.78 is 14.3. The van der Waals surface area contributed by atoms with Gasteiger partial charge in [0.15, 0.2) is 4.80 Å². The second kappa shape index (κ2) is 10.5. The Labute approximate surface area is 211 Å². The molecule has 6 nitrogen and oxygen atoms in total. The molecule has 0 aliphatic rings. The molecule has 0 bridgehead atoms. The molecule has 0 atom stereocenters. The summed E-state index contributed by atoms with van der Waals surface area (Å²) in [6, 6.07) is 19.5. The molecule has 35 heavy (non-hydrogen) atoms. The molecular weight excluding hydrogens is 478 g/mol. The number of hydrogen-bond acceptors (Lipinski definition) is 6. The molecule has 5 aromatic rings. The van der Waals surface area contributed by atoms with Gasteiger partial charge in [-0.05, 0) is 55.6 Å². The van der Waals surface area contributed by atoms with E-state index >= 15 is 0 Å². The fourth-order valence-corrected chi connectivity index (χ4v) is 5.73. The van der Waals surface area contributed by atoms with Crippen molar-refractivity contribution in [1.82, 2.24) is 9.55 Å². The fraction of sp³-hybridized carbons (Fsp3) is 0.222. The third-order valence-electron chi connectivity index (χ3n) is 5.55. The summed E-state index contributed by atoms with van der Waals surface area (Å²) in [5.41, 5.74) is 3.10. The van der Waals surface area contributed by atoms with E-state index in [2.05, 4.69) is 4.99 Å². The van der Waals surface area contributed by atoms with Gasteiger partial charge in [-0.25, -0.2) is 4.98 Å². The lowest BCUT2D eigenvalue weighted by molar-refractivity contribution is 0.0998. The van der Waals surface area contributed by atoms with Crippen molar-refractivity contribution in [1.29, 1.82) is 0 Å². The smallest absolute Gasteiger partial charge is 0.280 e. The molecule has 0 unspecified atom stereocenters. The predicted molar refractivity (Wildman–Crippen MR) is 142 cm³/mol. The molecule has 0 aliphatic carbocycles. The van der Waals surface area contributed by atoms with E-state index < -0.39 is 0 Å². The first-order valence-electron chi connectivity index (χ1n) is 11.5. The van der Waals surface area contributed by atoms with Gasteiger partial charge in [-0.2, -0.15) is 4.99 Å². The van der Waals surface area contributed by atoms with Crippen LogP contribution in [0.3, 0.4) is 0 Å². The summed E-state index contributed by atoms with van der Waals surface area (Å²) in [5, 5.41) is 2.80. The van der Waals surface area contributed by atoms with Crippen molar-refractivity contribution >= 4 is 49.7 Å². The van der Waals surface area contributed by atoms with Crippen LogP contribution < -0.4 is 9.54 Å². The van der Waals surface area contributed by atoms with Gasteiger partial charge in [-0.15, -0.1) is 11.3 Å². The number of amides is 1. The van der Waals surface area contributed by atoms with Gasteiger partial charge < -0.3 is 14.0 Å². The van der Waals surface area contributed by atoms with Crippen LogP contribution in [0.1, 0.15) is 24.2 Å². The highest BCUT2D eigenvalue weighted by atomic mass is 32.1. The van der Waals surface area contributed by atoms with Crippen LogP contribution in [0.4, 0.5) is 0 Å². The van der Waals surface area contributed by atoms with E-state index in [1.807, 2.05) is 84.5 Å². The van der Waals surface area contributed by atoms with Crippen molar-refractivity contribution < 1.29 is 14.3 Å². The minimum atomic E-state index is -0.289. The van der Waals surface area contributed by atoms with Crippen LogP contribution in [0.15, 0.2) is 71.0 Å². The second-order valence-corrected chi connectivity index (χ2v) is 9.72. The molecule has 3 heterocycles. The maximum Gasteiger partial charge on any atom is 0.280 e. The van der Waals surface area contributed by atoms with E-state index in [4.69, 9.17) is 14.5 Å². The van der Waals surface area contributed by atoms with Gasteiger partial charge in [0.2, 0.25) is 0 Å². The lowest BCUT2D eigenvalue weighted by atomic mass is 10.1. The zero-order valence-corrected chi connectivity index (χ0v) is 21.2. The monoisotopic (exact) mass is 503 g/mol. The van der Waals surface area contributed by atoms with Crippen LogP contribution in [-0.4, -0.2) is 35.3 Å². The van der Waals surface area contributed by atoms with Gasteiger partial charge >= 0.3 is 0 Å². The first-order valence-corrected chi connectivity index (χ1v) is 13.2. The molecular formula is C27H25N3O3S2. The highest BCUT2D eigenvalue weighted by Gasteiger charge is 2.15. The number of carbonyl (C=O) groups excluding carboxylic acids is 1. The number of para-hydroxylation sites is 1. The molecule has 0 saturated heterocycles. The van der Waals surface area contributed by atoms with Crippen molar-refractivity contribution in [3.8, 4) is 16.3 Å². The highest BCUT2D eigenvalue weighted by Crippen LogP contribution is 2.28. The number of hydrogen-bond donors (Lipinski definition) is 0. The number of thiazole rings is 1. The number of ether oxygens (including phenoxy) is 2. The van der Waals surface area contributed by atoms with Crippen molar-refractivity contribution in [2.24, 2.45) is 4.99 Å². The van der Waals surface area contributed by atoms with Crippen molar-refractivity contribution in [3.05, 3.63) is 76.4 Å². The van der Waals surface area contributed by atoms with Crippen molar-refractivity contribution in [2.75, 3.05) is 19.8 Å². The van der Waals surface area contributed by atoms with Crippen molar-refractivity contribution in [2.45, 2.75) is 20.4 Å². The fourth-order valence-electron chi connectivity index (χ4n) is 3.96. The Hall–Kier alpha value is -3.33. The zero-order valence-electron chi connectivity index (χ0n) is 19.6. The van der Waals surface area contributed by atoms with Gasteiger partial charge in [-0.3, -0.25) is 4.79 Å². The standard InChI is InChI=1S/C27H25N3O3S2/c1-3-32-14-13-30-23-12-11-18(33-4-2)16-25(23)35-27(30)29-26(31)20-17-22(24-10-7-15-34-24)28-21-9-6-5-8-19(20)21/h5-12,15-17H,3-4,13-14H2,1-2H3. The van der Waals surface area contributed by atoms with Gasteiger partial charge in [0.25, 0.3) is 5.91 Å². The number of nitrogens with zero attached hydrogens (tertiary/aromatic N) is 3. The lowest BCUT2D eigenvalue weighted by Crippen LogP contribution is -2.20. The Morgan fingerprint density at radius 3 is 2.74 bits per heavy atom. The molecule has 0 fully saturated rings. The second-order valence-electron chi connectivity index (χ2n) is 7.76. The van der Waals surface area contributed by atoms with Crippen molar-refractivity contribution in [3.63, 3.8) is 0 Å². The van der Waals surface area contributed by atoms with Crippen LogP contribution in [-0.2, 0) is 11.3 Å². The first-order chi connectivity index (χ1) is 17.2. The Bertz CT molecular complexity index is 1550. The molecule has 0 saturated carbocycles. The highest BCUT2D eigenvalue weighted by molar-refractivity contribution is 7.16. The van der Waals surface area contributed by atoms with Crippen LogP contribution in [0.25, 0.3) is 31.7 Å². The molecule has 0 N–H and O–H groups in total. The average molecular weight is 504 g/mol. The van der Waals surface area contributed by atoms with E-state index in [9.17, 15) is 4.79 Å². The third-order valence-corrected chi connectivity index (χ3v) is 7.48. The first kappa shape index (κ1) is 23.4. The molecule has 0 radical (unpaired) electrons. The molecule has 8 heteroatoms. The van der Waals surface area contributed by atoms with E-state index in [1.54, 1.807) is 11.3 Å². The molecule has 1 amide bonds. The summed E-state index contributed by atoms with van der Waals surface area (Å²) in [5.74, 6) is 0.514. The summed E-state index contributed by atoms with van der Waals surface area (Å²) >= 11 is 3.08.